The number of ether oxygens (including phenoxy) is 1. The van der Waals surface area contributed by atoms with Crippen molar-refractivity contribution in [2.24, 2.45) is 0 Å². The molecular weight excluding hydrogens is 288 g/mol. The van der Waals surface area contributed by atoms with Crippen LogP contribution >= 0.6 is 0 Å². The van der Waals surface area contributed by atoms with Crippen LogP contribution in [0.2, 0.25) is 0 Å². The van der Waals surface area contributed by atoms with Crippen molar-refractivity contribution in [3.05, 3.63) is 53.5 Å². The molecule has 0 saturated carbocycles. The molecule has 0 unspecified atom stereocenters. The van der Waals surface area contributed by atoms with Crippen LogP contribution in [0, 0.1) is 5.82 Å². The van der Waals surface area contributed by atoms with Crippen LogP contribution in [0.1, 0.15) is 11.1 Å². The Morgan fingerprint density at radius 2 is 1.95 bits per heavy atom. The Morgan fingerprint density at radius 3 is 2.52 bits per heavy atom. The van der Waals surface area contributed by atoms with Crippen molar-refractivity contribution in [2.75, 3.05) is 12.4 Å². The molecule has 3 nitrogen and oxygen atoms in total. The molecule has 0 aliphatic rings. The average molecular weight is 300 g/mol. The van der Waals surface area contributed by atoms with Gasteiger partial charge >= 0.3 is 6.18 Å². The lowest BCUT2D eigenvalue weighted by Gasteiger charge is -2.11. The molecule has 0 spiro atoms. The first-order chi connectivity index (χ1) is 9.90. The van der Waals surface area contributed by atoms with Crippen molar-refractivity contribution in [2.45, 2.75) is 12.7 Å². The summed E-state index contributed by atoms with van der Waals surface area (Å²) in [4.78, 5) is 3.98. The van der Waals surface area contributed by atoms with Crippen LogP contribution in [0.5, 0.6) is 5.88 Å². The van der Waals surface area contributed by atoms with Gasteiger partial charge in [0.1, 0.15) is 5.82 Å². The van der Waals surface area contributed by atoms with E-state index in [1.165, 1.54) is 13.2 Å². The van der Waals surface area contributed by atoms with E-state index >= 15 is 0 Å². The van der Waals surface area contributed by atoms with Crippen molar-refractivity contribution in [1.29, 1.82) is 0 Å². The number of halogens is 4. The Balaban J connectivity index is 2.09. The largest absolute Gasteiger partial charge is 0.481 e. The van der Waals surface area contributed by atoms with Gasteiger partial charge in [0, 0.05) is 24.5 Å². The van der Waals surface area contributed by atoms with Crippen LogP contribution in [0.15, 0.2) is 36.5 Å². The number of alkyl halides is 3. The second-order valence-electron chi connectivity index (χ2n) is 4.25. The molecular formula is C14H12F4N2O. The van der Waals surface area contributed by atoms with Crippen LogP contribution in [0.25, 0.3) is 0 Å². The summed E-state index contributed by atoms with van der Waals surface area (Å²) in [6, 6.07) is 6.15. The summed E-state index contributed by atoms with van der Waals surface area (Å²) < 4.78 is 55.8. The molecule has 0 fully saturated rings. The Bertz CT molecular complexity index is 611. The highest BCUT2D eigenvalue weighted by Crippen LogP contribution is 2.33. The van der Waals surface area contributed by atoms with Gasteiger partial charge in [0.2, 0.25) is 5.88 Å². The maximum Gasteiger partial charge on any atom is 0.419 e. The Labute approximate surface area is 118 Å². The number of hydrogen-bond acceptors (Lipinski definition) is 3. The third-order valence-electron chi connectivity index (χ3n) is 2.78. The molecule has 0 aliphatic heterocycles. The highest BCUT2D eigenvalue weighted by Gasteiger charge is 2.34. The second-order valence-corrected chi connectivity index (χ2v) is 4.25. The van der Waals surface area contributed by atoms with E-state index in [1.807, 2.05) is 0 Å². The summed E-state index contributed by atoms with van der Waals surface area (Å²) in [5, 5.41) is 2.79. The van der Waals surface area contributed by atoms with Crippen molar-refractivity contribution in [3.8, 4) is 5.88 Å². The molecule has 21 heavy (non-hydrogen) atoms. The summed E-state index contributed by atoms with van der Waals surface area (Å²) in [7, 11) is 1.48. The fourth-order valence-electron chi connectivity index (χ4n) is 1.69. The smallest absolute Gasteiger partial charge is 0.419 e. The summed E-state index contributed by atoms with van der Waals surface area (Å²) in [6.07, 6.45) is -3.18. The minimum Gasteiger partial charge on any atom is -0.481 e. The van der Waals surface area contributed by atoms with Crippen molar-refractivity contribution in [3.63, 3.8) is 0 Å². The topological polar surface area (TPSA) is 34.1 Å². The van der Waals surface area contributed by atoms with E-state index in [1.54, 1.807) is 18.3 Å². The number of nitrogens with zero attached hydrogens (tertiary/aromatic N) is 1. The van der Waals surface area contributed by atoms with E-state index in [-0.39, 0.29) is 12.2 Å². The maximum atomic E-state index is 13.1. The van der Waals surface area contributed by atoms with Gasteiger partial charge in [-0.25, -0.2) is 9.37 Å². The molecule has 0 atom stereocenters. The second kappa shape index (κ2) is 5.99. The standard InChI is InChI=1S/C14H12F4N2O/c1-21-13-5-2-9(8-20-13)7-19-10-3-4-12(15)11(6-10)14(16,17)18/h2-6,8,19H,7H2,1H3. The monoisotopic (exact) mass is 300 g/mol. The van der Waals surface area contributed by atoms with E-state index in [0.29, 0.717) is 5.88 Å². The van der Waals surface area contributed by atoms with Gasteiger partial charge < -0.3 is 10.1 Å². The van der Waals surface area contributed by atoms with Gasteiger partial charge in [-0.1, -0.05) is 6.07 Å². The van der Waals surface area contributed by atoms with Crippen molar-refractivity contribution >= 4 is 5.69 Å². The lowest BCUT2D eigenvalue weighted by atomic mass is 10.1. The number of methoxy groups -OCH3 is 1. The molecule has 7 heteroatoms. The first-order valence-corrected chi connectivity index (χ1v) is 5.99. The molecule has 0 radical (unpaired) electrons. The molecule has 1 aromatic heterocycles. The predicted molar refractivity (Wildman–Crippen MR) is 69.5 cm³/mol. The normalized spacial score (nSPS) is 11.3. The zero-order chi connectivity index (χ0) is 15.5. The minimum absolute atomic E-state index is 0.180. The Morgan fingerprint density at radius 1 is 1.19 bits per heavy atom. The van der Waals surface area contributed by atoms with Gasteiger partial charge in [-0.3, -0.25) is 0 Å². The SMILES string of the molecule is COc1ccc(CNc2ccc(F)c(C(F)(F)F)c2)cn1. The summed E-state index contributed by atoms with van der Waals surface area (Å²) in [5.41, 5.74) is -0.353. The molecule has 0 bridgehead atoms. The number of rotatable bonds is 4. The predicted octanol–water partition coefficient (Wildman–Crippen LogP) is 3.86. The summed E-state index contributed by atoms with van der Waals surface area (Å²) >= 11 is 0. The first kappa shape index (κ1) is 15.1. The first-order valence-electron chi connectivity index (χ1n) is 5.99. The molecule has 2 aromatic rings. The number of aromatic nitrogens is 1. The molecule has 2 rings (SSSR count). The zero-order valence-electron chi connectivity index (χ0n) is 11.0. The third-order valence-corrected chi connectivity index (χ3v) is 2.78. The van der Waals surface area contributed by atoms with Gasteiger partial charge in [0.15, 0.2) is 0 Å². The van der Waals surface area contributed by atoms with Crippen LogP contribution in [-0.2, 0) is 12.7 Å². The van der Waals surface area contributed by atoms with Crippen LogP contribution < -0.4 is 10.1 Å². The highest BCUT2D eigenvalue weighted by atomic mass is 19.4. The molecule has 0 saturated heterocycles. The van der Waals surface area contributed by atoms with E-state index in [0.717, 1.165) is 17.7 Å². The summed E-state index contributed by atoms with van der Waals surface area (Å²) in [5.74, 6) is -0.848. The highest BCUT2D eigenvalue weighted by molar-refractivity contribution is 5.47. The van der Waals surface area contributed by atoms with Gasteiger partial charge in [-0.15, -0.1) is 0 Å². The van der Waals surface area contributed by atoms with E-state index in [2.05, 4.69) is 10.3 Å². The van der Waals surface area contributed by atoms with Crippen LogP contribution in [0.3, 0.4) is 0 Å². The van der Waals surface area contributed by atoms with Gasteiger partial charge in [-0.2, -0.15) is 13.2 Å². The maximum absolute atomic E-state index is 13.1. The lowest BCUT2D eigenvalue weighted by Crippen LogP contribution is -2.09. The third kappa shape index (κ3) is 3.84. The quantitative estimate of drug-likeness (QED) is 0.871. The molecule has 112 valence electrons. The zero-order valence-corrected chi connectivity index (χ0v) is 11.0. The number of pyridine rings is 1. The fraction of sp³-hybridized carbons (Fsp3) is 0.214. The lowest BCUT2D eigenvalue weighted by molar-refractivity contribution is -0.139. The molecule has 0 amide bonds. The van der Waals surface area contributed by atoms with Gasteiger partial charge in [-0.05, 0) is 23.8 Å². The van der Waals surface area contributed by atoms with E-state index in [9.17, 15) is 17.6 Å². The van der Waals surface area contributed by atoms with E-state index < -0.39 is 17.6 Å². The Kier molecular flexibility index (Phi) is 4.30. The van der Waals surface area contributed by atoms with Gasteiger partial charge in [0.25, 0.3) is 0 Å². The van der Waals surface area contributed by atoms with Crippen molar-refractivity contribution in [1.82, 2.24) is 4.98 Å². The molecule has 1 aromatic carbocycles. The molecule has 1 heterocycles. The molecule has 1 N–H and O–H groups in total. The van der Waals surface area contributed by atoms with Crippen molar-refractivity contribution < 1.29 is 22.3 Å². The van der Waals surface area contributed by atoms with Gasteiger partial charge in [0.05, 0.1) is 12.7 Å². The van der Waals surface area contributed by atoms with Crippen LogP contribution in [0.4, 0.5) is 23.2 Å². The number of nitrogens with one attached hydrogen (secondary N) is 1. The van der Waals surface area contributed by atoms with E-state index in [4.69, 9.17) is 4.74 Å². The summed E-state index contributed by atoms with van der Waals surface area (Å²) in [6.45, 7) is 0.264. The van der Waals surface area contributed by atoms with Crippen LogP contribution in [-0.4, -0.2) is 12.1 Å². The number of anilines is 1. The minimum atomic E-state index is -4.72. The molecule has 0 aliphatic carbocycles. The average Bonchev–Trinajstić information content (AvgIpc) is 2.45. The Hall–Kier alpha value is -2.31. The fourth-order valence-corrected chi connectivity index (χ4v) is 1.69. The number of hydrogen-bond donors (Lipinski definition) is 1. The number of benzene rings is 1.